The first-order valence-corrected chi connectivity index (χ1v) is 5.44. The number of methoxy groups -OCH3 is 1. The van der Waals surface area contributed by atoms with E-state index in [0.29, 0.717) is 0 Å². The number of halogens is 2. The van der Waals surface area contributed by atoms with Crippen LogP contribution in [0, 0.1) is 11.6 Å². The quantitative estimate of drug-likeness (QED) is 0.645. The Morgan fingerprint density at radius 2 is 1.84 bits per heavy atom. The van der Waals surface area contributed by atoms with Gasteiger partial charge >= 0.3 is 0 Å². The van der Waals surface area contributed by atoms with Gasteiger partial charge in [0.2, 0.25) is 5.88 Å². The van der Waals surface area contributed by atoms with Gasteiger partial charge in [0.1, 0.15) is 17.3 Å². The maximum Gasteiger partial charge on any atom is 0.237 e. The van der Waals surface area contributed by atoms with E-state index in [0.717, 1.165) is 12.1 Å². The highest BCUT2D eigenvalue weighted by Gasteiger charge is 2.25. The van der Waals surface area contributed by atoms with Gasteiger partial charge in [0.25, 0.3) is 0 Å². The van der Waals surface area contributed by atoms with Gasteiger partial charge in [-0.1, -0.05) is 6.07 Å². The molecule has 1 heterocycles. The molecule has 0 bridgehead atoms. The summed E-state index contributed by atoms with van der Waals surface area (Å²) in [7, 11) is 1.39. The lowest BCUT2D eigenvalue weighted by Gasteiger charge is -2.18. The van der Waals surface area contributed by atoms with Gasteiger partial charge in [0.15, 0.2) is 0 Å². The Morgan fingerprint density at radius 1 is 1.21 bits per heavy atom. The third kappa shape index (κ3) is 2.51. The SMILES string of the molecule is COc1nccnc1C(NN)c1c(F)cccc1F. The molecule has 7 heteroatoms. The Bertz CT molecular complexity index is 559. The normalized spacial score (nSPS) is 12.2. The van der Waals surface area contributed by atoms with Gasteiger partial charge in [0, 0.05) is 18.0 Å². The molecule has 0 spiro atoms. The van der Waals surface area contributed by atoms with Gasteiger partial charge in [-0.15, -0.1) is 0 Å². The molecule has 0 aliphatic heterocycles. The van der Waals surface area contributed by atoms with Crippen LogP contribution in [0.15, 0.2) is 30.6 Å². The highest BCUT2D eigenvalue weighted by molar-refractivity contribution is 5.34. The highest BCUT2D eigenvalue weighted by Crippen LogP contribution is 2.29. The molecule has 0 fully saturated rings. The average Bonchev–Trinajstić information content (AvgIpc) is 2.43. The van der Waals surface area contributed by atoms with E-state index in [-0.39, 0.29) is 17.1 Å². The Kier molecular flexibility index (Phi) is 3.98. The lowest BCUT2D eigenvalue weighted by atomic mass is 10.0. The predicted octanol–water partition coefficient (Wildman–Crippen LogP) is 1.32. The number of nitrogens with one attached hydrogen (secondary N) is 1. The summed E-state index contributed by atoms with van der Waals surface area (Å²) >= 11 is 0. The summed E-state index contributed by atoms with van der Waals surface area (Å²) < 4.78 is 32.6. The van der Waals surface area contributed by atoms with Crippen LogP contribution < -0.4 is 16.0 Å². The standard InChI is InChI=1S/C12H12F2N4O/c1-19-12-11(16-5-6-17-12)10(18-15)9-7(13)3-2-4-8(9)14/h2-6,10,18H,15H2,1H3. The fourth-order valence-corrected chi connectivity index (χ4v) is 1.78. The fourth-order valence-electron chi connectivity index (χ4n) is 1.78. The lowest BCUT2D eigenvalue weighted by Crippen LogP contribution is -2.31. The van der Waals surface area contributed by atoms with Crippen LogP contribution in [0.25, 0.3) is 0 Å². The van der Waals surface area contributed by atoms with E-state index in [1.54, 1.807) is 0 Å². The largest absolute Gasteiger partial charge is 0.480 e. The molecule has 0 saturated heterocycles. The molecule has 1 unspecified atom stereocenters. The van der Waals surface area contributed by atoms with Crippen molar-refractivity contribution in [2.24, 2.45) is 5.84 Å². The lowest BCUT2D eigenvalue weighted by molar-refractivity contribution is 0.380. The van der Waals surface area contributed by atoms with Crippen LogP contribution in [0.4, 0.5) is 8.78 Å². The number of nitrogens with two attached hydrogens (primary N) is 1. The number of rotatable bonds is 4. The number of hydrogen-bond donors (Lipinski definition) is 2. The second kappa shape index (κ2) is 5.68. The molecule has 19 heavy (non-hydrogen) atoms. The zero-order valence-corrected chi connectivity index (χ0v) is 10.1. The van der Waals surface area contributed by atoms with Gasteiger partial charge < -0.3 is 4.74 Å². The smallest absolute Gasteiger partial charge is 0.237 e. The molecule has 5 nitrogen and oxygen atoms in total. The molecule has 2 rings (SSSR count). The maximum atomic E-state index is 13.8. The number of benzene rings is 1. The Hall–Kier alpha value is -2.12. The molecule has 0 radical (unpaired) electrons. The van der Waals surface area contributed by atoms with Crippen molar-refractivity contribution in [1.82, 2.24) is 15.4 Å². The average molecular weight is 266 g/mol. The first kappa shape index (κ1) is 13.3. The second-order valence-electron chi connectivity index (χ2n) is 3.69. The minimum Gasteiger partial charge on any atom is -0.480 e. The van der Waals surface area contributed by atoms with E-state index in [1.807, 2.05) is 0 Å². The van der Waals surface area contributed by atoms with Crippen LogP contribution in [0.3, 0.4) is 0 Å². The predicted molar refractivity (Wildman–Crippen MR) is 64.1 cm³/mol. The van der Waals surface area contributed by atoms with Crippen molar-refractivity contribution in [2.75, 3.05) is 7.11 Å². The summed E-state index contributed by atoms with van der Waals surface area (Å²) in [6.45, 7) is 0. The van der Waals surface area contributed by atoms with E-state index >= 15 is 0 Å². The Balaban J connectivity index is 2.57. The van der Waals surface area contributed by atoms with E-state index in [2.05, 4.69) is 15.4 Å². The molecule has 3 N–H and O–H groups in total. The van der Waals surface area contributed by atoms with Crippen LogP contribution in [0.1, 0.15) is 17.3 Å². The van der Waals surface area contributed by atoms with Gasteiger partial charge in [-0.05, 0) is 12.1 Å². The van der Waals surface area contributed by atoms with Crippen molar-refractivity contribution in [3.8, 4) is 5.88 Å². The zero-order valence-electron chi connectivity index (χ0n) is 10.1. The van der Waals surface area contributed by atoms with Crippen molar-refractivity contribution >= 4 is 0 Å². The number of nitrogens with zero attached hydrogens (tertiary/aromatic N) is 2. The van der Waals surface area contributed by atoms with E-state index in [4.69, 9.17) is 10.6 Å². The summed E-state index contributed by atoms with van der Waals surface area (Å²) in [5.74, 6) is 4.09. The third-order valence-corrected chi connectivity index (χ3v) is 2.61. The summed E-state index contributed by atoms with van der Waals surface area (Å²) in [4.78, 5) is 7.94. The van der Waals surface area contributed by atoms with Crippen LogP contribution in [0.2, 0.25) is 0 Å². The number of hydrogen-bond acceptors (Lipinski definition) is 5. The minimum atomic E-state index is -0.996. The van der Waals surface area contributed by atoms with E-state index in [1.165, 1.54) is 25.6 Å². The van der Waals surface area contributed by atoms with Crippen LogP contribution in [0.5, 0.6) is 5.88 Å². The van der Waals surface area contributed by atoms with Crippen molar-refractivity contribution in [1.29, 1.82) is 0 Å². The number of aromatic nitrogens is 2. The molecule has 1 aromatic carbocycles. The van der Waals surface area contributed by atoms with Crippen molar-refractivity contribution in [3.05, 3.63) is 53.5 Å². The number of ether oxygens (including phenoxy) is 1. The summed E-state index contributed by atoms with van der Waals surface area (Å²) in [6.07, 6.45) is 2.80. The van der Waals surface area contributed by atoms with E-state index in [9.17, 15) is 8.78 Å². The fraction of sp³-hybridized carbons (Fsp3) is 0.167. The zero-order chi connectivity index (χ0) is 13.8. The first-order chi connectivity index (χ1) is 9.19. The molecule has 1 aromatic heterocycles. The van der Waals surface area contributed by atoms with Gasteiger partial charge in [0.05, 0.1) is 13.2 Å². The monoisotopic (exact) mass is 266 g/mol. The van der Waals surface area contributed by atoms with Crippen LogP contribution in [-0.4, -0.2) is 17.1 Å². The van der Waals surface area contributed by atoms with Gasteiger partial charge in [-0.2, -0.15) is 0 Å². The molecule has 0 aliphatic carbocycles. The van der Waals surface area contributed by atoms with Crippen molar-refractivity contribution in [3.63, 3.8) is 0 Å². The highest BCUT2D eigenvalue weighted by atomic mass is 19.1. The molecular weight excluding hydrogens is 254 g/mol. The van der Waals surface area contributed by atoms with Crippen LogP contribution in [-0.2, 0) is 0 Å². The molecule has 0 aliphatic rings. The summed E-state index contributed by atoms with van der Waals surface area (Å²) in [5, 5.41) is 0. The topological polar surface area (TPSA) is 73.1 Å². The van der Waals surface area contributed by atoms with Crippen LogP contribution >= 0.6 is 0 Å². The van der Waals surface area contributed by atoms with Crippen molar-refractivity contribution < 1.29 is 13.5 Å². The maximum absolute atomic E-state index is 13.8. The second-order valence-corrected chi connectivity index (χ2v) is 3.69. The molecule has 2 aromatic rings. The van der Waals surface area contributed by atoms with E-state index < -0.39 is 17.7 Å². The summed E-state index contributed by atoms with van der Waals surface area (Å²) in [5.41, 5.74) is 2.30. The Labute approximate surface area is 108 Å². The van der Waals surface area contributed by atoms with Crippen molar-refractivity contribution in [2.45, 2.75) is 6.04 Å². The van der Waals surface area contributed by atoms with Gasteiger partial charge in [-0.25, -0.2) is 19.2 Å². The number of hydrazine groups is 1. The molecule has 0 amide bonds. The molecular formula is C12H12F2N4O. The minimum absolute atomic E-state index is 0.146. The third-order valence-electron chi connectivity index (χ3n) is 2.61. The molecule has 1 atom stereocenters. The molecule has 100 valence electrons. The first-order valence-electron chi connectivity index (χ1n) is 5.44. The summed E-state index contributed by atoms with van der Waals surface area (Å²) in [6, 6.07) is 2.57. The van der Waals surface area contributed by atoms with Gasteiger partial charge in [-0.3, -0.25) is 10.8 Å². The molecule has 0 saturated carbocycles. The Morgan fingerprint density at radius 3 is 2.42 bits per heavy atom.